The molecule has 0 aliphatic carbocycles. The number of rotatable bonds is 7. The second-order valence-electron chi connectivity index (χ2n) is 3.64. The maximum Gasteiger partial charge on any atom is 0.414 e. The van der Waals surface area contributed by atoms with Crippen molar-refractivity contribution in [3.8, 4) is 0 Å². The third-order valence-electron chi connectivity index (χ3n) is 2.05. The first kappa shape index (κ1) is 15.2. The molecular formula is C10H18F3NO2. The first-order chi connectivity index (χ1) is 7.40. The van der Waals surface area contributed by atoms with Crippen LogP contribution in [0.15, 0.2) is 0 Å². The van der Waals surface area contributed by atoms with Crippen molar-refractivity contribution in [2.24, 2.45) is 5.92 Å². The number of alkyl halides is 3. The molecule has 0 saturated heterocycles. The molecule has 0 aliphatic rings. The average Bonchev–Trinajstić information content (AvgIpc) is 2.15. The highest BCUT2D eigenvalue weighted by atomic mass is 19.4. The highest BCUT2D eigenvalue weighted by Crippen LogP contribution is 2.15. The van der Waals surface area contributed by atoms with Gasteiger partial charge in [-0.05, 0) is 12.8 Å². The topological polar surface area (TPSA) is 38.3 Å². The molecule has 0 aromatic heterocycles. The van der Waals surface area contributed by atoms with Crippen LogP contribution >= 0.6 is 0 Å². The van der Waals surface area contributed by atoms with E-state index >= 15 is 0 Å². The minimum atomic E-state index is -4.42. The van der Waals surface area contributed by atoms with Gasteiger partial charge in [-0.3, -0.25) is 9.63 Å². The van der Waals surface area contributed by atoms with Gasteiger partial charge in [-0.15, -0.1) is 0 Å². The van der Waals surface area contributed by atoms with E-state index in [1.54, 1.807) is 0 Å². The van der Waals surface area contributed by atoms with Crippen molar-refractivity contribution in [2.45, 2.75) is 45.7 Å². The summed E-state index contributed by atoms with van der Waals surface area (Å²) in [5, 5.41) is 0. The van der Waals surface area contributed by atoms with Crippen LogP contribution in [0, 0.1) is 5.92 Å². The van der Waals surface area contributed by atoms with Crippen molar-refractivity contribution >= 4 is 5.91 Å². The summed E-state index contributed by atoms with van der Waals surface area (Å²) in [5.41, 5.74) is 1.85. The van der Waals surface area contributed by atoms with Crippen molar-refractivity contribution < 1.29 is 22.8 Å². The molecule has 96 valence electrons. The van der Waals surface area contributed by atoms with Crippen LogP contribution in [-0.4, -0.2) is 18.7 Å². The Balaban J connectivity index is 3.91. The van der Waals surface area contributed by atoms with E-state index in [0.717, 1.165) is 12.8 Å². The third kappa shape index (κ3) is 7.50. The molecular weight excluding hydrogens is 223 g/mol. The van der Waals surface area contributed by atoms with Gasteiger partial charge in [-0.2, -0.15) is 13.2 Å². The minimum Gasteiger partial charge on any atom is -0.273 e. The number of hydroxylamine groups is 1. The fourth-order valence-corrected chi connectivity index (χ4v) is 1.38. The Hall–Kier alpha value is -0.780. The average molecular weight is 241 g/mol. The van der Waals surface area contributed by atoms with Gasteiger partial charge in [0.2, 0.25) is 5.91 Å². The zero-order chi connectivity index (χ0) is 12.6. The highest BCUT2D eigenvalue weighted by Gasteiger charge is 2.28. The molecule has 0 bridgehead atoms. The molecule has 0 fully saturated rings. The smallest absolute Gasteiger partial charge is 0.273 e. The Morgan fingerprint density at radius 3 is 2.12 bits per heavy atom. The maximum atomic E-state index is 11.7. The SMILES string of the molecule is CCCC(CCC)C(=O)NOCC(F)(F)F. The molecule has 16 heavy (non-hydrogen) atoms. The summed E-state index contributed by atoms with van der Waals surface area (Å²) < 4.78 is 35.2. The summed E-state index contributed by atoms with van der Waals surface area (Å²) in [4.78, 5) is 15.5. The van der Waals surface area contributed by atoms with Crippen LogP contribution in [0.1, 0.15) is 39.5 Å². The van der Waals surface area contributed by atoms with Crippen LogP contribution in [0.4, 0.5) is 13.2 Å². The maximum absolute atomic E-state index is 11.7. The van der Waals surface area contributed by atoms with E-state index in [9.17, 15) is 18.0 Å². The second kappa shape index (κ2) is 7.49. The monoisotopic (exact) mass is 241 g/mol. The minimum absolute atomic E-state index is 0.261. The summed E-state index contributed by atoms with van der Waals surface area (Å²) in [6.07, 6.45) is -1.46. The van der Waals surface area contributed by atoms with E-state index < -0.39 is 18.7 Å². The lowest BCUT2D eigenvalue weighted by Crippen LogP contribution is -2.34. The van der Waals surface area contributed by atoms with Crippen molar-refractivity contribution in [3.63, 3.8) is 0 Å². The molecule has 0 radical (unpaired) electrons. The molecule has 0 unspecified atom stereocenters. The molecule has 0 spiro atoms. The van der Waals surface area contributed by atoms with Gasteiger partial charge in [0.05, 0.1) is 0 Å². The zero-order valence-corrected chi connectivity index (χ0v) is 9.56. The van der Waals surface area contributed by atoms with Crippen LogP contribution in [0.3, 0.4) is 0 Å². The normalized spacial score (nSPS) is 11.9. The van der Waals surface area contributed by atoms with Gasteiger partial charge in [0.25, 0.3) is 0 Å². The molecule has 0 heterocycles. The van der Waals surface area contributed by atoms with Gasteiger partial charge >= 0.3 is 6.18 Å². The number of amides is 1. The predicted molar refractivity (Wildman–Crippen MR) is 53.5 cm³/mol. The van der Waals surface area contributed by atoms with Crippen LogP contribution in [0.5, 0.6) is 0 Å². The molecule has 0 aromatic rings. The molecule has 1 amide bonds. The van der Waals surface area contributed by atoms with Crippen LogP contribution in [0.25, 0.3) is 0 Å². The lowest BCUT2D eigenvalue weighted by molar-refractivity contribution is -0.192. The number of carbonyl (C=O) groups excluding carboxylic acids is 1. The highest BCUT2D eigenvalue weighted by molar-refractivity contribution is 5.77. The Bertz CT molecular complexity index is 201. The Labute approximate surface area is 93.3 Å². The van der Waals surface area contributed by atoms with Crippen molar-refractivity contribution in [1.29, 1.82) is 0 Å². The summed E-state index contributed by atoms with van der Waals surface area (Å²) >= 11 is 0. The van der Waals surface area contributed by atoms with E-state index in [1.807, 2.05) is 19.3 Å². The number of carbonyl (C=O) groups is 1. The lowest BCUT2D eigenvalue weighted by atomic mass is 9.98. The summed E-state index contributed by atoms with van der Waals surface area (Å²) in [7, 11) is 0. The predicted octanol–water partition coefficient (Wildman–Crippen LogP) is 2.81. The molecule has 6 heteroatoms. The summed E-state index contributed by atoms with van der Waals surface area (Å²) in [6.45, 7) is 2.39. The first-order valence-corrected chi connectivity index (χ1v) is 5.39. The van der Waals surface area contributed by atoms with E-state index in [-0.39, 0.29) is 5.92 Å². The van der Waals surface area contributed by atoms with Crippen molar-refractivity contribution in [2.75, 3.05) is 6.61 Å². The van der Waals surface area contributed by atoms with Crippen molar-refractivity contribution in [3.05, 3.63) is 0 Å². The molecule has 1 N–H and O–H groups in total. The Morgan fingerprint density at radius 2 is 1.75 bits per heavy atom. The van der Waals surface area contributed by atoms with E-state index in [0.29, 0.717) is 12.8 Å². The summed E-state index contributed by atoms with van der Waals surface area (Å²) in [6, 6.07) is 0. The molecule has 0 rings (SSSR count). The quantitative estimate of drug-likeness (QED) is 0.696. The lowest BCUT2D eigenvalue weighted by Gasteiger charge is -2.15. The van der Waals surface area contributed by atoms with Crippen LogP contribution in [-0.2, 0) is 9.63 Å². The first-order valence-electron chi connectivity index (χ1n) is 5.39. The van der Waals surface area contributed by atoms with Gasteiger partial charge in [0, 0.05) is 5.92 Å². The fraction of sp³-hybridized carbons (Fsp3) is 0.900. The fourth-order valence-electron chi connectivity index (χ4n) is 1.38. The Kier molecular flexibility index (Phi) is 7.12. The van der Waals surface area contributed by atoms with E-state index in [2.05, 4.69) is 4.84 Å². The molecule has 0 aliphatic heterocycles. The van der Waals surface area contributed by atoms with E-state index in [1.165, 1.54) is 0 Å². The number of halogens is 3. The molecule has 0 aromatic carbocycles. The number of nitrogens with one attached hydrogen (secondary N) is 1. The van der Waals surface area contributed by atoms with E-state index in [4.69, 9.17) is 0 Å². The second-order valence-corrected chi connectivity index (χ2v) is 3.64. The molecule has 0 atom stereocenters. The van der Waals surface area contributed by atoms with Gasteiger partial charge in [-0.1, -0.05) is 26.7 Å². The van der Waals surface area contributed by atoms with Crippen molar-refractivity contribution in [1.82, 2.24) is 5.48 Å². The van der Waals surface area contributed by atoms with Crippen LogP contribution < -0.4 is 5.48 Å². The number of hydrogen-bond acceptors (Lipinski definition) is 2. The summed E-state index contributed by atoms with van der Waals surface area (Å²) in [5.74, 6) is -0.726. The zero-order valence-electron chi connectivity index (χ0n) is 9.56. The van der Waals surface area contributed by atoms with Gasteiger partial charge in [0.15, 0.2) is 6.61 Å². The molecule has 0 saturated carbocycles. The largest absolute Gasteiger partial charge is 0.414 e. The van der Waals surface area contributed by atoms with Gasteiger partial charge in [0.1, 0.15) is 0 Å². The standard InChI is InChI=1S/C10H18F3NO2/c1-3-5-8(6-4-2)9(15)14-16-7-10(11,12)13/h8H,3-7H2,1-2H3,(H,14,15). The third-order valence-corrected chi connectivity index (χ3v) is 2.05. The van der Waals surface area contributed by atoms with Gasteiger partial charge < -0.3 is 0 Å². The molecule has 3 nitrogen and oxygen atoms in total. The van der Waals surface area contributed by atoms with Crippen LogP contribution in [0.2, 0.25) is 0 Å². The van der Waals surface area contributed by atoms with Gasteiger partial charge in [-0.25, -0.2) is 5.48 Å². The number of hydrogen-bond donors (Lipinski definition) is 1. The Morgan fingerprint density at radius 1 is 1.25 bits per heavy atom.